The van der Waals surface area contributed by atoms with E-state index in [9.17, 15) is 9.59 Å². The molecule has 0 bridgehead atoms. The van der Waals surface area contributed by atoms with Gasteiger partial charge in [0.05, 0.1) is 19.1 Å². The van der Waals surface area contributed by atoms with Gasteiger partial charge in [0.2, 0.25) is 5.91 Å². The molecule has 166 valence electrons. The van der Waals surface area contributed by atoms with Gasteiger partial charge in [-0.3, -0.25) is 9.59 Å². The normalized spacial score (nSPS) is 21.7. The minimum absolute atomic E-state index is 0.00991. The first-order chi connectivity index (χ1) is 15.2. The molecule has 1 atom stereocenters. The third kappa shape index (κ3) is 4.28. The quantitative estimate of drug-likeness (QED) is 0.752. The lowest BCUT2D eigenvalue weighted by atomic mass is 9.96. The molecular weight excluding hydrogens is 396 g/mol. The number of carbonyl (C=O) groups is 2. The Labute approximate surface area is 182 Å². The SMILES string of the molecule is O=C(COc1ccc2oc3c(c2c1)CCCC3)N1CCCC(C(=O)N2CCOCC2)C1. The number of ether oxygens (including phenoxy) is 2. The van der Waals surface area contributed by atoms with Crippen molar-refractivity contribution < 1.29 is 23.5 Å². The molecule has 2 aliphatic heterocycles. The Bertz CT molecular complexity index is 962. The van der Waals surface area contributed by atoms with Crippen molar-refractivity contribution in [2.75, 3.05) is 46.0 Å². The second-order valence-corrected chi connectivity index (χ2v) is 8.77. The van der Waals surface area contributed by atoms with Gasteiger partial charge in [0, 0.05) is 43.5 Å². The Hall–Kier alpha value is -2.54. The highest BCUT2D eigenvalue weighted by molar-refractivity contribution is 5.85. The summed E-state index contributed by atoms with van der Waals surface area (Å²) in [6.45, 7) is 3.64. The number of hydrogen-bond acceptors (Lipinski definition) is 5. The van der Waals surface area contributed by atoms with E-state index in [1.165, 1.54) is 18.4 Å². The van der Waals surface area contributed by atoms with Crippen molar-refractivity contribution >= 4 is 22.8 Å². The lowest BCUT2D eigenvalue weighted by Crippen LogP contribution is -2.50. The Morgan fingerprint density at radius 2 is 1.87 bits per heavy atom. The summed E-state index contributed by atoms with van der Waals surface area (Å²) in [4.78, 5) is 29.3. The van der Waals surface area contributed by atoms with E-state index in [1.54, 1.807) is 4.90 Å². The zero-order chi connectivity index (χ0) is 21.2. The molecular formula is C24H30N2O5. The number of hydrogen-bond donors (Lipinski definition) is 0. The number of furan rings is 1. The summed E-state index contributed by atoms with van der Waals surface area (Å²) in [7, 11) is 0. The number of rotatable bonds is 4. The van der Waals surface area contributed by atoms with Crippen LogP contribution in [0.5, 0.6) is 5.75 Å². The monoisotopic (exact) mass is 426 g/mol. The molecule has 0 spiro atoms. The summed E-state index contributed by atoms with van der Waals surface area (Å²) in [6, 6.07) is 5.80. The fraction of sp³-hybridized carbons (Fsp3) is 0.583. The van der Waals surface area contributed by atoms with Gasteiger partial charge in [0.25, 0.3) is 5.91 Å². The topological polar surface area (TPSA) is 72.2 Å². The number of amides is 2. The van der Waals surface area contributed by atoms with Gasteiger partial charge in [0.1, 0.15) is 17.1 Å². The van der Waals surface area contributed by atoms with Gasteiger partial charge in [-0.25, -0.2) is 0 Å². The Morgan fingerprint density at radius 3 is 2.74 bits per heavy atom. The molecule has 1 aliphatic carbocycles. The maximum absolute atomic E-state index is 12.8. The van der Waals surface area contributed by atoms with E-state index in [-0.39, 0.29) is 24.3 Å². The van der Waals surface area contributed by atoms with Crippen molar-refractivity contribution in [3.63, 3.8) is 0 Å². The second-order valence-electron chi connectivity index (χ2n) is 8.77. The van der Waals surface area contributed by atoms with Crippen molar-refractivity contribution in [2.45, 2.75) is 38.5 Å². The highest BCUT2D eigenvalue weighted by Gasteiger charge is 2.32. The predicted molar refractivity (Wildman–Crippen MR) is 115 cm³/mol. The largest absolute Gasteiger partial charge is 0.484 e. The summed E-state index contributed by atoms with van der Waals surface area (Å²) in [5.74, 6) is 1.75. The average Bonchev–Trinajstić information content (AvgIpc) is 3.20. The first-order valence-electron chi connectivity index (χ1n) is 11.5. The highest BCUT2D eigenvalue weighted by atomic mass is 16.5. The van der Waals surface area contributed by atoms with Gasteiger partial charge in [-0.2, -0.15) is 0 Å². The van der Waals surface area contributed by atoms with E-state index in [4.69, 9.17) is 13.9 Å². The molecule has 3 heterocycles. The molecule has 5 rings (SSSR count). The van der Waals surface area contributed by atoms with Crippen LogP contribution in [-0.2, 0) is 27.2 Å². The third-order valence-corrected chi connectivity index (χ3v) is 6.73. The van der Waals surface area contributed by atoms with Crippen LogP contribution in [-0.4, -0.2) is 67.6 Å². The van der Waals surface area contributed by atoms with E-state index in [2.05, 4.69) is 0 Å². The molecule has 2 fully saturated rings. The number of nitrogens with zero attached hydrogens (tertiary/aromatic N) is 2. The molecule has 2 amide bonds. The molecule has 3 aliphatic rings. The Morgan fingerprint density at radius 1 is 1.03 bits per heavy atom. The minimum Gasteiger partial charge on any atom is -0.484 e. The number of carbonyl (C=O) groups excluding carboxylic acids is 2. The van der Waals surface area contributed by atoms with Crippen molar-refractivity contribution in [3.05, 3.63) is 29.5 Å². The molecule has 0 saturated carbocycles. The van der Waals surface area contributed by atoms with Crippen molar-refractivity contribution in [1.29, 1.82) is 0 Å². The molecule has 2 saturated heterocycles. The summed E-state index contributed by atoms with van der Waals surface area (Å²) < 4.78 is 17.2. The first-order valence-corrected chi connectivity index (χ1v) is 11.5. The van der Waals surface area contributed by atoms with Crippen LogP contribution in [0.1, 0.15) is 37.0 Å². The standard InChI is InChI=1S/C24H30N2O5/c27-23(26-9-3-4-17(15-26)24(28)25-10-12-29-13-11-25)16-30-18-7-8-22-20(14-18)19-5-1-2-6-21(19)31-22/h7-8,14,17H,1-6,9-13,15-16H2. The van der Waals surface area contributed by atoms with Crippen molar-refractivity contribution in [1.82, 2.24) is 9.80 Å². The summed E-state index contributed by atoms with van der Waals surface area (Å²) in [5.41, 5.74) is 2.18. The van der Waals surface area contributed by atoms with E-state index in [0.29, 0.717) is 45.1 Å². The van der Waals surface area contributed by atoms with Gasteiger partial charge in [-0.1, -0.05) is 0 Å². The average molecular weight is 427 g/mol. The zero-order valence-corrected chi connectivity index (χ0v) is 17.9. The van der Waals surface area contributed by atoms with Crippen LogP contribution in [0, 0.1) is 5.92 Å². The third-order valence-electron chi connectivity index (χ3n) is 6.73. The maximum atomic E-state index is 12.8. The van der Waals surface area contributed by atoms with Crippen LogP contribution in [0.15, 0.2) is 22.6 Å². The molecule has 7 heteroatoms. The summed E-state index contributed by atoms with van der Waals surface area (Å²) in [6.07, 6.45) is 6.08. The summed E-state index contributed by atoms with van der Waals surface area (Å²) in [5, 5.41) is 1.11. The number of likely N-dealkylation sites (tertiary alicyclic amines) is 1. The maximum Gasteiger partial charge on any atom is 0.260 e. The van der Waals surface area contributed by atoms with Crippen LogP contribution < -0.4 is 4.74 Å². The van der Waals surface area contributed by atoms with E-state index < -0.39 is 0 Å². The number of aryl methyl sites for hydroxylation is 2. The molecule has 1 aromatic heterocycles. The first kappa shape index (κ1) is 20.4. The number of fused-ring (bicyclic) bond motifs is 3. The van der Waals surface area contributed by atoms with Crippen LogP contribution >= 0.6 is 0 Å². The minimum atomic E-state index is -0.121. The van der Waals surface area contributed by atoms with Gasteiger partial charge in [0.15, 0.2) is 6.61 Å². The molecule has 1 unspecified atom stereocenters. The van der Waals surface area contributed by atoms with Crippen molar-refractivity contribution in [2.24, 2.45) is 5.92 Å². The Kier molecular flexibility index (Phi) is 5.85. The molecule has 7 nitrogen and oxygen atoms in total. The van der Waals surface area contributed by atoms with Crippen LogP contribution in [0.3, 0.4) is 0 Å². The summed E-state index contributed by atoms with van der Waals surface area (Å²) >= 11 is 0. The lowest BCUT2D eigenvalue weighted by Gasteiger charge is -2.36. The zero-order valence-electron chi connectivity index (χ0n) is 17.9. The molecule has 2 aromatic rings. The number of piperidine rings is 1. The second kappa shape index (κ2) is 8.91. The predicted octanol–water partition coefficient (Wildman–Crippen LogP) is 2.79. The fourth-order valence-corrected chi connectivity index (χ4v) is 5.02. The van der Waals surface area contributed by atoms with Crippen LogP contribution in [0.25, 0.3) is 11.0 Å². The van der Waals surface area contributed by atoms with Crippen molar-refractivity contribution in [3.8, 4) is 5.75 Å². The Balaban J connectivity index is 1.19. The molecule has 0 radical (unpaired) electrons. The molecule has 31 heavy (non-hydrogen) atoms. The van der Waals surface area contributed by atoms with Crippen LogP contribution in [0.2, 0.25) is 0 Å². The van der Waals surface area contributed by atoms with E-state index in [1.807, 2.05) is 23.1 Å². The molecule has 0 N–H and O–H groups in total. The molecule has 1 aromatic carbocycles. The van der Waals surface area contributed by atoms with E-state index in [0.717, 1.165) is 42.4 Å². The van der Waals surface area contributed by atoms with Gasteiger partial charge < -0.3 is 23.7 Å². The van der Waals surface area contributed by atoms with Gasteiger partial charge in [-0.05, 0) is 50.3 Å². The van der Waals surface area contributed by atoms with Gasteiger partial charge in [-0.15, -0.1) is 0 Å². The highest BCUT2D eigenvalue weighted by Crippen LogP contribution is 2.34. The lowest BCUT2D eigenvalue weighted by molar-refractivity contribution is -0.144. The fourth-order valence-electron chi connectivity index (χ4n) is 5.02. The van der Waals surface area contributed by atoms with Crippen LogP contribution in [0.4, 0.5) is 0 Å². The van der Waals surface area contributed by atoms with Gasteiger partial charge >= 0.3 is 0 Å². The smallest absolute Gasteiger partial charge is 0.260 e. The number of morpholine rings is 1. The number of benzene rings is 1. The van der Waals surface area contributed by atoms with E-state index >= 15 is 0 Å².